The van der Waals surface area contributed by atoms with Gasteiger partial charge < -0.3 is 19.5 Å². The number of benzene rings is 2. The number of ether oxygens (including phenoxy) is 2. The van der Waals surface area contributed by atoms with E-state index < -0.39 is 41.2 Å². The second-order valence-electron chi connectivity index (χ2n) is 9.81. The van der Waals surface area contributed by atoms with Crippen LogP contribution >= 0.6 is 0 Å². The van der Waals surface area contributed by atoms with E-state index in [4.69, 9.17) is 9.47 Å². The van der Waals surface area contributed by atoms with Gasteiger partial charge in [0.15, 0.2) is 5.78 Å². The van der Waals surface area contributed by atoms with Crippen LogP contribution in [0.15, 0.2) is 83.3 Å². The first-order valence-electron chi connectivity index (χ1n) is 12.9. The fourth-order valence-electron chi connectivity index (χ4n) is 5.87. The summed E-state index contributed by atoms with van der Waals surface area (Å²) >= 11 is 0. The molecule has 202 valence electrons. The summed E-state index contributed by atoms with van der Waals surface area (Å²) in [6.07, 6.45) is -0.0130. The Balaban J connectivity index is 1.87. The molecule has 5 rings (SSSR count). The summed E-state index contributed by atoms with van der Waals surface area (Å²) in [5.74, 6) is -3.85. The third-order valence-corrected chi connectivity index (χ3v) is 7.76. The molecule has 1 fully saturated rings. The van der Waals surface area contributed by atoms with Crippen LogP contribution in [0.25, 0.3) is 0 Å². The molecule has 3 atom stereocenters. The lowest BCUT2D eigenvalue weighted by Crippen LogP contribution is -2.66. The number of Topliss-reactive ketones (excluding diaryl/α,β-unsaturated/α-hetero) is 1. The Bertz CT molecular complexity index is 1400. The number of carbonyl (C=O) groups excluding carboxylic acids is 4. The molecule has 3 aliphatic rings. The number of carbonyl (C=O) groups is 4. The van der Waals surface area contributed by atoms with Crippen LogP contribution < -0.4 is 0 Å². The van der Waals surface area contributed by atoms with Gasteiger partial charge in [-0.3, -0.25) is 14.5 Å². The van der Waals surface area contributed by atoms with Gasteiger partial charge in [-0.05, 0) is 24.5 Å². The van der Waals surface area contributed by atoms with Crippen molar-refractivity contribution in [2.24, 2.45) is 5.92 Å². The Morgan fingerprint density at radius 1 is 1.08 bits per heavy atom. The zero-order chi connectivity index (χ0) is 27.9. The van der Waals surface area contributed by atoms with E-state index in [2.05, 4.69) is 0 Å². The molecular weight excluding hydrogens is 500 g/mol. The third-order valence-electron chi connectivity index (χ3n) is 7.76. The first kappa shape index (κ1) is 26.4. The van der Waals surface area contributed by atoms with Gasteiger partial charge in [0, 0.05) is 24.6 Å². The summed E-state index contributed by atoms with van der Waals surface area (Å²) in [6.45, 7) is 3.47. The molecule has 1 amide bonds. The number of ketones is 1. The molecule has 0 spiro atoms. The van der Waals surface area contributed by atoms with Gasteiger partial charge in [-0.2, -0.15) is 0 Å². The van der Waals surface area contributed by atoms with Crippen LogP contribution in [0.1, 0.15) is 43.9 Å². The van der Waals surface area contributed by atoms with Gasteiger partial charge in [0.05, 0.1) is 30.9 Å². The maximum Gasteiger partial charge on any atom is 0.338 e. The minimum absolute atomic E-state index is 0.0318. The van der Waals surface area contributed by atoms with E-state index in [9.17, 15) is 24.3 Å². The number of amides is 1. The monoisotopic (exact) mass is 530 g/mol. The Kier molecular flexibility index (Phi) is 6.86. The Morgan fingerprint density at radius 3 is 2.33 bits per heavy atom. The average molecular weight is 531 g/mol. The summed E-state index contributed by atoms with van der Waals surface area (Å²) in [4.78, 5) is 57.5. The molecule has 2 aromatic rings. The van der Waals surface area contributed by atoms with Crippen molar-refractivity contribution in [2.45, 2.75) is 44.9 Å². The van der Waals surface area contributed by atoms with Gasteiger partial charge >= 0.3 is 11.9 Å². The molecule has 9 nitrogen and oxygen atoms in total. The van der Waals surface area contributed by atoms with Crippen molar-refractivity contribution in [3.63, 3.8) is 0 Å². The number of hydrogen-bond donors (Lipinski definition) is 1. The van der Waals surface area contributed by atoms with Crippen LogP contribution in [-0.2, 0) is 35.2 Å². The van der Waals surface area contributed by atoms with Crippen LogP contribution in [0.3, 0.4) is 0 Å². The van der Waals surface area contributed by atoms with Gasteiger partial charge in [-0.1, -0.05) is 67.6 Å². The predicted octanol–water partition coefficient (Wildman–Crippen LogP) is 3.02. The van der Waals surface area contributed by atoms with E-state index in [1.807, 2.05) is 30.3 Å². The lowest BCUT2D eigenvalue weighted by atomic mass is 9.70. The number of methoxy groups -OCH3 is 1. The normalized spacial score (nSPS) is 24.7. The first-order valence-corrected chi connectivity index (χ1v) is 12.9. The molecule has 0 saturated carbocycles. The second kappa shape index (κ2) is 10.1. The summed E-state index contributed by atoms with van der Waals surface area (Å²) < 4.78 is 10.6. The summed E-state index contributed by atoms with van der Waals surface area (Å²) in [5.41, 5.74) is -0.403. The number of fused-ring (bicyclic) bond motifs is 2. The lowest BCUT2D eigenvalue weighted by molar-refractivity contribution is -0.174. The number of allylic oxidation sites excluding steroid dienone is 1. The highest BCUT2D eigenvalue weighted by atomic mass is 16.5. The van der Waals surface area contributed by atoms with Gasteiger partial charge in [0.2, 0.25) is 5.60 Å². The number of nitrogens with zero attached hydrogens (tertiary/aromatic N) is 2. The molecule has 0 radical (unpaired) electrons. The maximum absolute atomic E-state index is 14.5. The highest BCUT2D eigenvalue weighted by molar-refractivity contribution is 6.14. The maximum atomic E-state index is 14.5. The van der Waals surface area contributed by atoms with Crippen LogP contribution in [0.4, 0.5) is 0 Å². The number of aliphatic hydroxyl groups is 1. The van der Waals surface area contributed by atoms with E-state index in [-0.39, 0.29) is 43.0 Å². The Morgan fingerprint density at radius 2 is 1.72 bits per heavy atom. The average Bonchev–Trinajstić information content (AvgIpc) is 2.96. The van der Waals surface area contributed by atoms with Crippen molar-refractivity contribution in [1.29, 1.82) is 0 Å². The van der Waals surface area contributed by atoms with Crippen molar-refractivity contribution < 1.29 is 33.8 Å². The summed E-state index contributed by atoms with van der Waals surface area (Å²) in [6, 6.07) is 17.1. The second-order valence-corrected chi connectivity index (χ2v) is 9.81. The summed E-state index contributed by atoms with van der Waals surface area (Å²) in [5, 5.41) is 11.9. The SMILES string of the molecule is CCC(=O)[C@@]1(O)C(=O)N2C(=C3C(=O)OCC[C@@H]31)N(Cc1ccccc1)C(C)=C(C(=O)OC)C2c1ccccc1. The molecule has 1 unspecified atom stereocenters. The van der Waals surface area contributed by atoms with Crippen molar-refractivity contribution in [1.82, 2.24) is 9.80 Å². The summed E-state index contributed by atoms with van der Waals surface area (Å²) in [7, 11) is 1.25. The zero-order valence-corrected chi connectivity index (χ0v) is 22.0. The van der Waals surface area contributed by atoms with E-state index in [0.717, 1.165) is 5.56 Å². The molecule has 0 aromatic heterocycles. The standard InChI is InChI=1S/C30H30N2O7/c1-4-22(33)30(37)21-15-16-39-28(35)24(21)26-31(17-19-11-7-5-8-12-19)18(2)23(27(34)38-3)25(32(26)29(30)36)20-13-9-6-10-14-20/h5-14,21,25,37H,4,15-17H2,1-3H3/t21-,25?,30+/m0/s1. The Hall–Kier alpha value is -4.24. The van der Waals surface area contributed by atoms with E-state index in [0.29, 0.717) is 11.3 Å². The molecule has 3 aliphatic heterocycles. The number of hydrogen-bond acceptors (Lipinski definition) is 8. The topological polar surface area (TPSA) is 113 Å². The fraction of sp³-hybridized carbons (Fsp3) is 0.333. The first-order chi connectivity index (χ1) is 18.7. The molecule has 1 saturated heterocycles. The lowest BCUT2D eigenvalue weighted by Gasteiger charge is -2.53. The van der Waals surface area contributed by atoms with E-state index in [1.54, 1.807) is 49.1 Å². The quantitative estimate of drug-likeness (QED) is 0.448. The van der Waals surface area contributed by atoms with Crippen molar-refractivity contribution in [2.75, 3.05) is 13.7 Å². The predicted molar refractivity (Wildman–Crippen MR) is 139 cm³/mol. The molecule has 2 aromatic carbocycles. The molecule has 9 heteroatoms. The zero-order valence-electron chi connectivity index (χ0n) is 22.0. The van der Waals surface area contributed by atoms with Gasteiger partial charge in [-0.15, -0.1) is 0 Å². The highest BCUT2D eigenvalue weighted by Gasteiger charge is 2.63. The fourth-order valence-corrected chi connectivity index (χ4v) is 5.87. The largest absolute Gasteiger partial charge is 0.466 e. The van der Waals surface area contributed by atoms with Crippen LogP contribution in [0.5, 0.6) is 0 Å². The Labute approximate surface area is 226 Å². The molecule has 0 bridgehead atoms. The highest BCUT2D eigenvalue weighted by Crippen LogP contribution is 2.51. The molecule has 3 heterocycles. The van der Waals surface area contributed by atoms with E-state index >= 15 is 0 Å². The van der Waals surface area contributed by atoms with Crippen molar-refractivity contribution in [3.05, 3.63) is 94.5 Å². The van der Waals surface area contributed by atoms with Crippen LogP contribution in [-0.4, -0.2) is 57.9 Å². The third kappa shape index (κ3) is 4.04. The molecule has 1 N–H and O–H groups in total. The molecular formula is C30H30N2O7. The van der Waals surface area contributed by atoms with Gasteiger partial charge in [0.1, 0.15) is 5.82 Å². The van der Waals surface area contributed by atoms with Gasteiger partial charge in [-0.25, -0.2) is 9.59 Å². The number of esters is 2. The van der Waals surface area contributed by atoms with Gasteiger partial charge in [0.25, 0.3) is 5.91 Å². The minimum atomic E-state index is -2.50. The molecule has 39 heavy (non-hydrogen) atoms. The minimum Gasteiger partial charge on any atom is -0.466 e. The van der Waals surface area contributed by atoms with Crippen LogP contribution in [0, 0.1) is 5.92 Å². The number of rotatable bonds is 6. The van der Waals surface area contributed by atoms with Crippen molar-refractivity contribution in [3.8, 4) is 0 Å². The van der Waals surface area contributed by atoms with E-state index in [1.165, 1.54) is 12.0 Å². The smallest absolute Gasteiger partial charge is 0.338 e. The van der Waals surface area contributed by atoms with Crippen molar-refractivity contribution >= 4 is 23.6 Å². The molecule has 0 aliphatic carbocycles. The van der Waals surface area contributed by atoms with Crippen LogP contribution in [0.2, 0.25) is 0 Å². The number of cyclic esters (lactones) is 1.